The van der Waals surface area contributed by atoms with Crippen LogP contribution in [0.15, 0.2) is 48.5 Å². The molecule has 3 N–H and O–H groups in total. The van der Waals surface area contributed by atoms with Gasteiger partial charge < -0.3 is 30.0 Å². The lowest BCUT2D eigenvalue weighted by Gasteiger charge is -2.10. The van der Waals surface area contributed by atoms with Gasteiger partial charge in [-0.3, -0.25) is 0 Å². The summed E-state index contributed by atoms with van der Waals surface area (Å²) in [7, 11) is 4.67. The van der Waals surface area contributed by atoms with Crippen LogP contribution in [0.25, 0.3) is 10.4 Å². The number of methoxy groups -OCH3 is 3. The summed E-state index contributed by atoms with van der Waals surface area (Å²) in [6, 6.07) is 14.0. The Hall–Kier alpha value is -3.72. The highest BCUT2D eigenvalue weighted by Crippen LogP contribution is 2.38. The van der Waals surface area contributed by atoms with Crippen LogP contribution in [0.3, 0.4) is 0 Å². The van der Waals surface area contributed by atoms with E-state index in [2.05, 4.69) is 10.6 Å². The molecule has 1 aromatic heterocycles. The summed E-state index contributed by atoms with van der Waals surface area (Å²) < 4.78 is 15.9. The van der Waals surface area contributed by atoms with Crippen molar-refractivity contribution in [3.8, 4) is 27.7 Å². The van der Waals surface area contributed by atoms with Crippen molar-refractivity contribution in [2.45, 2.75) is 6.42 Å². The van der Waals surface area contributed by atoms with E-state index < -0.39 is 12.0 Å². The van der Waals surface area contributed by atoms with Gasteiger partial charge in [0.2, 0.25) is 0 Å². The van der Waals surface area contributed by atoms with E-state index in [9.17, 15) is 14.7 Å². The summed E-state index contributed by atoms with van der Waals surface area (Å²) in [5.41, 5.74) is 1.94. The normalized spacial score (nSPS) is 10.3. The molecule has 0 saturated heterocycles. The van der Waals surface area contributed by atoms with E-state index in [0.717, 1.165) is 28.2 Å². The van der Waals surface area contributed by atoms with Gasteiger partial charge in [-0.2, -0.15) is 0 Å². The van der Waals surface area contributed by atoms with Gasteiger partial charge in [0.25, 0.3) is 0 Å². The van der Waals surface area contributed by atoms with Crippen LogP contribution in [0.5, 0.6) is 17.2 Å². The molecule has 8 nitrogen and oxygen atoms in total. The number of carboxylic acids is 1. The predicted molar refractivity (Wildman–Crippen MR) is 124 cm³/mol. The minimum Gasteiger partial charge on any atom is -0.496 e. The van der Waals surface area contributed by atoms with Crippen molar-refractivity contribution in [1.82, 2.24) is 5.32 Å². The van der Waals surface area contributed by atoms with Crippen molar-refractivity contribution < 1.29 is 28.9 Å². The lowest BCUT2D eigenvalue weighted by Crippen LogP contribution is -2.30. The van der Waals surface area contributed by atoms with Gasteiger partial charge >= 0.3 is 12.0 Å². The van der Waals surface area contributed by atoms with E-state index >= 15 is 0 Å². The number of benzene rings is 2. The molecule has 1 heterocycles. The van der Waals surface area contributed by atoms with Crippen LogP contribution >= 0.6 is 11.3 Å². The number of anilines is 1. The van der Waals surface area contributed by atoms with Gasteiger partial charge in [0.1, 0.15) is 10.6 Å². The molecular formula is C23H24N2O6S. The van der Waals surface area contributed by atoms with E-state index in [-0.39, 0.29) is 10.6 Å². The molecule has 3 rings (SSSR count). The van der Waals surface area contributed by atoms with Crippen LogP contribution in [0, 0.1) is 0 Å². The topological polar surface area (TPSA) is 106 Å². The van der Waals surface area contributed by atoms with Crippen LogP contribution in [0.4, 0.5) is 10.5 Å². The van der Waals surface area contributed by atoms with Crippen molar-refractivity contribution >= 4 is 29.0 Å². The van der Waals surface area contributed by atoms with Crippen LogP contribution in [0.1, 0.15) is 15.2 Å². The fourth-order valence-corrected chi connectivity index (χ4v) is 4.11. The maximum absolute atomic E-state index is 12.4. The average Bonchev–Trinajstić information content (AvgIpc) is 3.22. The predicted octanol–water partition coefficient (Wildman–Crippen LogP) is 4.50. The summed E-state index contributed by atoms with van der Waals surface area (Å²) >= 11 is 1.07. The molecule has 2 amide bonds. The molecular weight excluding hydrogens is 432 g/mol. The zero-order valence-electron chi connectivity index (χ0n) is 17.9. The van der Waals surface area contributed by atoms with Crippen LogP contribution < -0.4 is 24.8 Å². The molecule has 0 atom stereocenters. The number of hydrogen-bond donors (Lipinski definition) is 3. The van der Waals surface area contributed by atoms with Gasteiger partial charge in [0, 0.05) is 11.4 Å². The fourth-order valence-electron chi connectivity index (χ4n) is 3.16. The quantitative estimate of drug-likeness (QED) is 0.438. The zero-order chi connectivity index (χ0) is 23.1. The molecule has 0 aliphatic rings. The maximum atomic E-state index is 12.4. The Morgan fingerprint density at radius 1 is 0.938 bits per heavy atom. The van der Waals surface area contributed by atoms with E-state index in [0.29, 0.717) is 29.3 Å². The highest BCUT2D eigenvalue weighted by atomic mass is 32.1. The molecule has 168 valence electrons. The number of hydrogen-bond acceptors (Lipinski definition) is 6. The van der Waals surface area contributed by atoms with Gasteiger partial charge in [-0.25, -0.2) is 9.59 Å². The van der Waals surface area contributed by atoms with Gasteiger partial charge in [-0.15, -0.1) is 11.3 Å². The molecule has 9 heteroatoms. The fraction of sp³-hybridized carbons (Fsp3) is 0.217. The maximum Gasteiger partial charge on any atom is 0.348 e. The number of carbonyl (C=O) groups excluding carboxylic acids is 1. The molecule has 0 fully saturated rings. The molecule has 0 aliphatic carbocycles. The number of para-hydroxylation sites is 1. The van der Waals surface area contributed by atoms with E-state index in [4.69, 9.17) is 14.2 Å². The second-order valence-corrected chi connectivity index (χ2v) is 7.72. The minimum absolute atomic E-state index is 0.0367. The van der Waals surface area contributed by atoms with Crippen LogP contribution in [-0.4, -0.2) is 45.0 Å². The average molecular weight is 457 g/mol. The summed E-state index contributed by atoms with van der Waals surface area (Å²) in [4.78, 5) is 24.8. The van der Waals surface area contributed by atoms with Crippen molar-refractivity contribution in [2.75, 3.05) is 33.2 Å². The van der Waals surface area contributed by atoms with Gasteiger partial charge in [-0.1, -0.05) is 18.2 Å². The number of rotatable bonds is 9. The largest absolute Gasteiger partial charge is 0.496 e. The summed E-state index contributed by atoms with van der Waals surface area (Å²) in [5, 5.41) is 15.0. The van der Waals surface area contributed by atoms with E-state index in [1.807, 2.05) is 24.3 Å². The lowest BCUT2D eigenvalue weighted by atomic mass is 10.1. The highest BCUT2D eigenvalue weighted by molar-refractivity contribution is 7.18. The highest BCUT2D eigenvalue weighted by Gasteiger charge is 2.19. The molecule has 0 radical (unpaired) electrons. The molecule has 0 saturated carbocycles. The van der Waals surface area contributed by atoms with Gasteiger partial charge in [0.15, 0.2) is 11.5 Å². The molecule has 2 aromatic carbocycles. The van der Waals surface area contributed by atoms with E-state index in [1.165, 1.54) is 7.11 Å². The van der Waals surface area contributed by atoms with Crippen molar-refractivity contribution in [2.24, 2.45) is 0 Å². The number of nitrogens with one attached hydrogen (secondary N) is 2. The first kappa shape index (κ1) is 23.0. The Morgan fingerprint density at radius 2 is 1.66 bits per heavy atom. The first-order valence-corrected chi connectivity index (χ1v) is 10.5. The molecule has 0 spiro atoms. The Labute approximate surface area is 189 Å². The van der Waals surface area contributed by atoms with E-state index in [1.54, 1.807) is 38.5 Å². The minimum atomic E-state index is -1.12. The number of carbonyl (C=O) groups is 2. The number of aromatic carboxylic acids is 1. The lowest BCUT2D eigenvalue weighted by molar-refractivity contribution is 0.0703. The Bertz CT molecular complexity index is 1110. The van der Waals surface area contributed by atoms with Crippen molar-refractivity contribution in [3.63, 3.8) is 0 Å². The Morgan fingerprint density at radius 3 is 2.34 bits per heavy atom. The Kier molecular flexibility index (Phi) is 7.56. The molecule has 0 bridgehead atoms. The summed E-state index contributed by atoms with van der Waals surface area (Å²) in [6.07, 6.45) is 0.573. The number of ether oxygens (including phenoxy) is 3. The first-order chi connectivity index (χ1) is 15.5. The third-order valence-electron chi connectivity index (χ3n) is 4.71. The van der Waals surface area contributed by atoms with Crippen LogP contribution in [0.2, 0.25) is 0 Å². The van der Waals surface area contributed by atoms with Crippen LogP contribution in [-0.2, 0) is 6.42 Å². The number of thiophene rings is 1. The Balaban J connectivity index is 1.71. The second-order valence-electron chi connectivity index (χ2n) is 6.67. The molecule has 3 aromatic rings. The second kappa shape index (κ2) is 10.5. The monoisotopic (exact) mass is 456 g/mol. The van der Waals surface area contributed by atoms with Crippen molar-refractivity contribution in [3.05, 3.63) is 59.0 Å². The number of carboxylic acid groups (broad SMARTS) is 1. The standard InChI is InChI=1S/C23H24N2O6S/c1-29-17-7-5-4-6-14(17)10-11-24-23(28)25-16-13-20(32-21(16)22(26)27)15-8-9-18(30-2)19(12-15)31-3/h4-9,12-13H,10-11H2,1-3H3,(H,26,27)(H2,24,25,28). The van der Waals surface area contributed by atoms with Gasteiger partial charge in [-0.05, 0) is 47.9 Å². The van der Waals surface area contributed by atoms with Crippen molar-refractivity contribution in [1.29, 1.82) is 0 Å². The number of urea groups is 1. The summed E-state index contributed by atoms with van der Waals surface area (Å²) in [5.74, 6) is 0.726. The van der Waals surface area contributed by atoms with Gasteiger partial charge in [0.05, 0.1) is 27.0 Å². The molecule has 0 aliphatic heterocycles. The smallest absolute Gasteiger partial charge is 0.348 e. The molecule has 32 heavy (non-hydrogen) atoms. The SMILES string of the molecule is COc1ccccc1CCNC(=O)Nc1cc(-c2ccc(OC)c(OC)c2)sc1C(=O)O. The molecule has 0 unspecified atom stereocenters. The third-order valence-corrected chi connectivity index (χ3v) is 5.89. The first-order valence-electron chi connectivity index (χ1n) is 9.73. The summed E-state index contributed by atoms with van der Waals surface area (Å²) in [6.45, 7) is 0.362. The number of amides is 2. The third kappa shape index (κ3) is 5.30. The zero-order valence-corrected chi connectivity index (χ0v) is 18.7.